The fraction of sp³-hybridized carbons (Fsp3) is 0.643. The molecule has 0 bridgehead atoms. The van der Waals surface area contributed by atoms with Gasteiger partial charge in [-0.2, -0.15) is 0 Å². The summed E-state index contributed by atoms with van der Waals surface area (Å²) in [6.45, 7) is 0. The lowest BCUT2D eigenvalue weighted by molar-refractivity contribution is 0.0865. The van der Waals surface area contributed by atoms with E-state index in [4.69, 9.17) is 0 Å². The molecule has 1 aliphatic heterocycles. The van der Waals surface area contributed by atoms with E-state index in [9.17, 15) is 4.79 Å². The van der Waals surface area contributed by atoms with Gasteiger partial charge in [-0.25, -0.2) is 0 Å². The van der Waals surface area contributed by atoms with Gasteiger partial charge in [0, 0.05) is 6.04 Å². The van der Waals surface area contributed by atoms with Crippen molar-refractivity contribution in [2.24, 2.45) is 5.92 Å². The highest BCUT2D eigenvalue weighted by molar-refractivity contribution is 7.12. The minimum Gasteiger partial charge on any atom is -0.304 e. The summed E-state index contributed by atoms with van der Waals surface area (Å²) in [6.07, 6.45) is 7.59. The lowest BCUT2D eigenvalue weighted by Gasteiger charge is -2.39. The Morgan fingerprint density at radius 1 is 1.24 bits per heavy atom. The minimum absolute atomic E-state index is 0.0769. The number of carbonyl (C=O) groups is 1. The van der Waals surface area contributed by atoms with Crippen LogP contribution in [0.3, 0.4) is 0 Å². The van der Waals surface area contributed by atoms with E-state index in [0.717, 1.165) is 17.2 Å². The smallest absolute Gasteiger partial charge is 0.189 e. The maximum absolute atomic E-state index is 12.3. The van der Waals surface area contributed by atoms with Crippen LogP contribution in [-0.4, -0.2) is 17.9 Å². The lowest BCUT2D eigenvalue weighted by atomic mass is 9.77. The van der Waals surface area contributed by atoms with Crippen molar-refractivity contribution in [1.29, 1.82) is 0 Å². The molecular formula is C14H19NOS. The summed E-state index contributed by atoms with van der Waals surface area (Å²) in [5.74, 6) is 1.14. The minimum atomic E-state index is 0.0769. The van der Waals surface area contributed by atoms with Crippen LogP contribution in [0.15, 0.2) is 17.5 Å². The van der Waals surface area contributed by atoms with Gasteiger partial charge in [0.1, 0.15) is 0 Å². The highest BCUT2D eigenvalue weighted by Crippen LogP contribution is 2.33. The number of thiophene rings is 1. The number of ketones is 1. The van der Waals surface area contributed by atoms with Gasteiger partial charge >= 0.3 is 0 Å². The SMILES string of the molecule is O=C(c1cccs1)C1CCC2CCCCC2N1. The molecule has 1 saturated carbocycles. The first-order valence-electron chi connectivity index (χ1n) is 6.68. The molecule has 0 spiro atoms. The first-order valence-corrected chi connectivity index (χ1v) is 7.56. The molecule has 1 aromatic heterocycles. The molecule has 1 saturated heterocycles. The Labute approximate surface area is 106 Å². The molecule has 2 fully saturated rings. The molecule has 0 radical (unpaired) electrons. The van der Waals surface area contributed by atoms with E-state index < -0.39 is 0 Å². The molecule has 2 aliphatic rings. The molecule has 0 amide bonds. The Bertz CT molecular complexity index is 387. The standard InChI is InChI=1S/C14H19NOS/c16-14(13-6-3-9-17-13)12-8-7-10-4-1-2-5-11(10)15-12/h3,6,9-12,15H,1-2,4-5,7-8H2. The van der Waals surface area contributed by atoms with Crippen LogP contribution in [0, 0.1) is 5.92 Å². The van der Waals surface area contributed by atoms with E-state index in [1.54, 1.807) is 11.3 Å². The van der Waals surface area contributed by atoms with Crippen molar-refractivity contribution in [1.82, 2.24) is 5.32 Å². The molecule has 3 rings (SSSR count). The normalized spacial score (nSPS) is 33.1. The van der Waals surface area contributed by atoms with Crippen LogP contribution in [0.1, 0.15) is 48.2 Å². The summed E-state index contributed by atoms with van der Waals surface area (Å²) in [7, 11) is 0. The quantitative estimate of drug-likeness (QED) is 0.815. The average molecular weight is 249 g/mol. The molecule has 92 valence electrons. The van der Waals surface area contributed by atoms with Gasteiger partial charge < -0.3 is 5.32 Å². The van der Waals surface area contributed by atoms with Crippen molar-refractivity contribution < 1.29 is 4.79 Å². The topological polar surface area (TPSA) is 29.1 Å². The van der Waals surface area contributed by atoms with Crippen LogP contribution in [0.4, 0.5) is 0 Å². The molecule has 17 heavy (non-hydrogen) atoms. The van der Waals surface area contributed by atoms with Crippen LogP contribution in [0.2, 0.25) is 0 Å². The van der Waals surface area contributed by atoms with Crippen molar-refractivity contribution in [2.75, 3.05) is 0 Å². The zero-order valence-electron chi connectivity index (χ0n) is 10.0. The molecule has 2 nitrogen and oxygen atoms in total. The van der Waals surface area contributed by atoms with Crippen molar-refractivity contribution in [3.8, 4) is 0 Å². The summed E-state index contributed by atoms with van der Waals surface area (Å²) in [4.78, 5) is 13.2. The van der Waals surface area contributed by atoms with Gasteiger partial charge in [0.25, 0.3) is 0 Å². The van der Waals surface area contributed by atoms with Gasteiger partial charge in [0.2, 0.25) is 0 Å². The third kappa shape index (κ3) is 2.31. The molecule has 3 heteroatoms. The zero-order chi connectivity index (χ0) is 11.7. The van der Waals surface area contributed by atoms with Crippen LogP contribution < -0.4 is 5.32 Å². The van der Waals surface area contributed by atoms with Gasteiger partial charge in [-0.3, -0.25) is 4.79 Å². The predicted molar refractivity (Wildman–Crippen MR) is 70.6 cm³/mol. The largest absolute Gasteiger partial charge is 0.304 e. The zero-order valence-corrected chi connectivity index (χ0v) is 10.8. The average Bonchev–Trinajstić information content (AvgIpc) is 2.91. The second-order valence-corrected chi connectivity index (χ2v) is 6.24. The number of fused-ring (bicyclic) bond motifs is 1. The molecule has 1 aliphatic carbocycles. The third-order valence-electron chi connectivity index (χ3n) is 4.23. The van der Waals surface area contributed by atoms with Gasteiger partial charge in [-0.15, -0.1) is 11.3 Å². The van der Waals surface area contributed by atoms with Crippen LogP contribution in [0.25, 0.3) is 0 Å². The lowest BCUT2D eigenvalue weighted by Crippen LogP contribution is -2.51. The molecule has 3 unspecified atom stereocenters. The van der Waals surface area contributed by atoms with Crippen molar-refractivity contribution in [3.05, 3.63) is 22.4 Å². The second-order valence-electron chi connectivity index (χ2n) is 5.29. The molecule has 0 aromatic carbocycles. The highest BCUT2D eigenvalue weighted by Gasteiger charge is 2.34. The van der Waals surface area contributed by atoms with Crippen LogP contribution >= 0.6 is 11.3 Å². The van der Waals surface area contributed by atoms with E-state index >= 15 is 0 Å². The number of rotatable bonds is 2. The predicted octanol–water partition coefficient (Wildman–Crippen LogP) is 3.24. The van der Waals surface area contributed by atoms with Gasteiger partial charge in [-0.1, -0.05) is 18.9 Å². The summed E-state index contributed by atoms with van der Waals surface area (Å²) in [5, 5.41) is 5.59. The Balaban J connectivity index is 1.67. The monoisotopic (exact) mass is 249 g/mol. The maximum Gasteiger partial charge on any atom is 0.189 e. The van der Waals surface area contributed by atoms with Crippen LogP contribution in [0.5, 0.6) is 0 Å². The van der Waals surface area contributed by atoms with Crippen LogP contribution in [-0.2, 0) is 0 Å². The summed E-state index contributed by atoms with van der Waals surface area (Å²) in [6, 6.07) is 4.59. The summed E-state index contributed by atoms with van der Waals surface area (Å²) >= 11 is 1.56. The van der Waals surface area contributed by atoms with Crippen molar-refractivity contribution >= 4 is 17.1 Å². The van der Waals surface area contributed by atoms with Crippen molar-refractivity contribution in [3.63, 3.8) is 0 Å². The molecule has 1 N–H and O–H groups in total. The fourth-order valence-electron chi connectivity index (χ4n) is 3.29. The summed E-state index contributed by atoms with van der Waals surface area (Å²) in [5.41, 5.74) is 0. The number of hydrogen-bond donors (Lipinski definition) is 1. The molecular weight excluding hydrogens is 230 g/mol. The molecule has 2 heterocycles. The number of carbonyl (C=O) groups excluding carboxylic acids is 1. The van der Waals surface area contributed by atoms with Gasteiger partial charge in [0.15, 0.2) is 5.78 Å². The van der Waals surface area contributed by atoms with E-state index in [1.807, 2.05) is 17.5 Å². The molecule has 1 aromatic rings. The summed E-state index contributed by atoms with van der Waals surface area (Å²) < 4.78 is 0. The highest BCUT2D eigenvalue weighted by atomic mass is 32.1. The third-order valence-corrected chi connectivity index (χ3v) is 5.12. The Kier molecular flexibility index (Phi) is 3.30. The Morgan fingerprint density at radius 3 is 2.94 bits per heavy atom. The van der Waals surface area contributed by atoms with Crippen molar-refractivity contribution in [2.45, 2.75) is 50.6 Å². The van der Waals surface area contributed by atoms with Gasteiger partial charge in [-0.05, 0) is 43.0 Å². The van der Waals surface area contributed by atoms with E-state index in [1.165, 1.54) is 32.1 Å². The number of piperidine rings is 1. The Morgan fingerprint density at radius 2 is 2.12 bits per heavy atom. The molecule has 3 atom stereocenters. The number of nitrogens with one attached hydrogen (secondary N) is 1. The van der Waals surface area contributed by atoms with E-state index in [0.29, 0.717) is 11.8 Å². The fourth-order valence-corrected chi connectivity index (χ4v) is 4.01. The van der Waals surface area contributed by atoms with Gasteiger partial charge in [0.05, 0.1) is 10.9 Å². The first-order chi connectivity index (χ1) is 8.34. The Hall–Kier alpha value is -0.670. The number of Topliss-reactive ketones (excluding diaryl/α,β-unsaturated/α-hetero) is 1. The maximum atomic E-state index is 12.3. The van der Waals surface area contributed by atoms with E-state index in [-0.39, 0.29) is 6.04 Å². The first kappa shape index (κ1) is 11.4. The second kappa shape index (κ2) is 4.91. The van der Waals surface area contributed by atoms with E-state index in [2.05, 4.69) is 5.32 Å². The number of hydrogen-bond acceptors (Lipinski definition) is 3.